The number of H-pyrrole nitrogens is 2. The fraction of sp³-hybridized carbons (Fsp3) is 0.333. The number of benzene rings is 2. The van der Waals surface area contributed by atoms with Crippen LogP contribution in [0, 0.1) is 0 Å². The molecule has 144 valence electrons. The molecule has 2 aromatic carbocycles. The maximum Gasteiger partial charge on any atom is 0.119 e. The molecule has 0 saturated heterocycles. The number of rotatable bonds is 4. The molecule has 2 heterocycles. The number of aromatic nitrogens is 2. The van der Waals surface area contributed by atoms with Crippen LogP contribution in [0.15, 0.2) is 48.8 Å². The van der Waals surface area contributed by atoms with Crippen LogP contribution in [0.5, 0.6) is 11.5 Å². The van der Waals surface area contributed by atoms with Crippen LogP contribution in [0.1, 0.15) is 43.2 Å². The minimum atomic E-state index is -0.00647. The van der Waals surface area contributed by atoms with E-state index in [4.69, 9.17) is 9.47 Å². The second-order valence-corrected chi connectivity index (χ2v) is 7.87. The molecular weight excluding hydrogens is 348 g/mol. The zero-order valence-electron chi connectivity index (χ0n) is 16.5. The smallest absolute Gasteiger partial charge is 0.119 e. The van der Waals surface area contributed by atoms with Crippen molar-refractivity contribution in [3.8, 4) is 11.5 Å². The highest BCUT2D eigenvalue weighted by molar-refractivity contribution is 5.90. The molecule has 0 amide bonds. The lowest BCUT2D eigenvalue weighted by atomic mass is 9.65. The van der Waals surface area contributed by atoms with Crippen molar-refractivity contribution in [1.29, 1.82) is 0 Å². The van der Waals surface area contributed by atoms with Crippen LogP contribution in [0.25, 0.3) is 21.8 Å². The third kappa shape index (κ3) is 2.51. The molecule has 0 radical (unpaired) electrons. The zero-order chi connectivity index (χ0) is 19.1. The molecule has 2 aromatic heterocycles. The Hall–Kier alpha value is -2.88. The van der Waals surface area contributed by atoms with Crippen molar-refractivity contribution in [2.24, 2.45) is 0 Å². The van der Waals surface area contributed by atoms with Gasteiger partial charge in [0.1, 0.15) is 11.5 Å². The molecular formula is C24H26N2O2. The second kappa shape index (κ2) is 6.62. The van der Waals surface area contributed by atoms with E-state index in [1.807, 2.05) is 12.1 Å². The predicted octanol–water partition coefficient (Wildman–Crippen LogP) is 5.92. The summed E-state index contributed by atoms with van der Waals surface area (Å²) in [4.78, 5) is 7.01. The highest BCUT2D eigenvalue weighted by atomic mass is 16.5. The maximum absolute atomic E-state index is 5.52. The predicted molar refractivity (Wildman–Crippen MR) is 114 cm³/mol. The van der Waals surface area contributed by atoms with Gasteiger partial charge < -0.3 is 19.4 Å². The number of ether oxygens (including phenoxy) is 2. The van der Waals surface area contributed by atoms with Gasteiger partial charge in [-0.1, -0.05) is 19.3 Å². The van der Waals surface area contributed by atoms with Gasteiger partial charge in [0.25, 0.3) is 0 Å². The summed E-state index contributed by atoms with van der Waals surface area (Å²) in [5.41, 5.74) is 5.08. The molecule has 5 rings (SSSR count). The Morgan fingerprint density at radius 3 is 1.68 bits per heavy atom. The van der Waals surface area contributed by atoms with Crippen molar-refractivity contribution in [2.75, 3.05) is 14.2 Å². The van der Waals surface area contributed by atoms with Crippen molar-refractivity contribution in [3.05, 3.63) is 59.9 Å². The Kier molecular flexibility index (Phi) is 4.08. The van der Waals surface area contributed by atoms with Gasteiger partial charge in [-0.25, -0.2) is 0 Å². The molecule has 28 heavy (non-hydrogen) atoms. The first-order chi connectivity index (χ1) is 13.7. The highest BCUT2D eigenvalue weighted by Gasteiger charge is 2.39. The third-order valence-corrected chi connectivity index (χ3v) is 6.52. The monoisotopic (exact) mass is 374 g/mol. The summed E-state index contributed by atoms with van der Waals surface area (Å²) in [6.07, 6.45) is 10.5. The molecule has 0 bridgehead atoms. The van der Waals surface area contributed by atoms with Crippen molar-refractivity contribution in [3.63, 3.8) is 0 Å². The Balaban J connectivity index is 1.77. The van der Waals surface area contributed by atoms with E-state index in [0.29, 0.717) is 0 Å². The average molecular weight is 374 g/mol. The van der Waals surface area contributed by atoms with Crippen molar-refractivity contribution in [1.82, 2.24) is 9.97 Å². The number of methoxy groups -OCH3 is 2. The summed E-state index contributed by atoms with van der Waals surface area (Å²) in [7, 11) is 3.46. The molecule has 0 spiro atoms. The van der Waals surface area contributed by atoms with Gasteiger partial charge in [0.05, 0.1) is 14.2 Å². The molecule has 4 aromatic rings. The van der Waals surface area contributed by atoms with Gasteiger partial charge in [-0.15, -0.1) is 0 Å². The molecule has 0 aliphatic heterocycles. The van der Waals surface area contributed by atoms with Gasteiger partial charge in [-0.3, -0.25) is 0 Å². The minimum absolute atomic E-state index is 0.00647. The molecule has 1 aliphatic rings. The van der Waals surface area contributed by atoms with Gasteiger partial charge in [0, 0.05) is 39.6 Å². The standard InChI is InChI=1S/C24H26N2O2/c1-27-16-6-8-22-18(12-16)20(14-25-22)24(10-4-3-5-11-24)21-15-26-23-9-7-17(28-2)13-19(21)23/h6-9,12-15,25-26H,3-5,10-11H2,1-2H3. The topological polar surface area (TPSA) is 50.0 Å². The summed E-state index contributed by atoms with van der Waals surface area (Å²) in [6.45, 7) is 0. The number of aromatic amines is 2. The molecule has 1 saturated carbocycles. The van der Waals surface area contributed by atoms with Crippen LogP contribution in [-0.4, -0.2) is 24.2 Å². The van der Waals surface area contributed by atoms with Gasteiger partial charge in [-0.2, -0.15) is 0 Å². The Labute approximate surface area is 164 Å². The number of hydrogen-bond donors (Lipinski definition) is 2. The first kappa shape index (κ1) is 17.2. The first-order valence-corrected chi connectivity index (χ1v) is 10.1. The van der Waals surface area contributed by atoms with Crippen molar-refractivity contribution >= 4 is 21.8 Å². The van der Waals surface area contributed by atoms with Crippen molar-refractivity contribution in [2.45, 2.75) is 37.5 Å². The molecule has 4 heteroatoms. The van der Waals surface area contributed by atoms with Gasteiger partial charge in [-0.05, 0) is 60.4 Å². The molecule has 1 fully saturated rings. The van der Waals surface area contributed by atoms with Crippen LogP contribution in [0.4, 0.5) is 0 Å². The quantitative estimate of drug-likeness (QED) is 0.466. The van der Waals surface area contributed by atoms with E-state index in [9.17, 15) is 0 Å². The minimum Gasteiger partial charge on any atom is -0.497 e. The lowest BCUT2D eigenvalue weighted by Crippen LogP contribution is -2.30. The molecule has 4 nitrogen and oxygen atoms in total. The Morgan fingerprint density at radius 1 is 0.714 bits per heavy atom. The third-order valence-electron chi connectivity index (χ3n) is 6.52. The van der Waals surface area contributed by atoms with E-state index in [1.54, 1.807) is 14.2 Å². The van der Waals surface area contributed by atoms with Gasteiger partial charge >= 0.3 is 0 Å². The second-order valence-electron chi connectivity index (χ2n) is 7.87. The van der Waals surface area contributed by atoms with E-state index in [2.05, 4.69) is 46.6 Å². The molecule has 0 atom stereocenters. The summed E-state index contributed by atoms with van der Waals surface area (Å²) in [5.74, 6) is 1.81. The molecule has 0 unspecified atom stereocenters. The summed E-state index contributed by atoms with van der Waals surface area (Å²) in [6, 6.07) is 12.6. The van der Waals surface area contributed by atoms with E-state index >= 15 is 0 Å². The molecule has 1 aliphatic carbocycles. The van der Waals surface area contributed by atoms with Crippen LogP contribution < -0.4 is 9.47 Å². The average Bonchev–Trinajstić information content (AvgIpc) is 3.37. The van der Waals surface area contributed by atoms with Gasteiger partial charge in [0.15, 0.2) is 0 Å². The van der Waals surface area contributed by atoms with E-state index in [0.717, 1.165) is 35.4 Å². The van der Waals surface area contributed by atoms with Crippen molar-refractivity contribution < 1.29 is 9.47 Å². The maximum atomic E-state index is 5.52. The number of nitrogens with one attached hydrogen (secondary N) is 2. The van der Waals surface area contributed by atoms with E-state index in [1.165, 1.54) is 41.2 Å². The largest absolute Gasteiger partial charge is 0.497 e. The number of fused-ring (bicyclic) bond motifs is 2. The van der Waals surface area contributed by atoms with E-state index in [-0.39, 0.29) is 5.41 Å². The lowest BCUT2D eigenvalue weighted by Gasteiger charge is -2.37. The van der Waals surface area contributed by atoms with Crippen LogP contribution in [0.2, 0.25) is 0 Å². The zero-order valence-corrected chi connectivity index (χ0v) is 16.5. The summed E-state index contributed by atoms with van der Waals surface area (Å²) < 4.78 is 11.0. The SMILES string of the molecule is COc1ccc2[nH]cc(C3(c4c[nH]c5ccc(OC)cc45)CCCCC3)c2c1. The molecule has 2 N–H and O–H groups in total. The Bertz CT molecular complexity index is 1050. The fourth-order valence-electron chi connectivity index (χ4n) is 5.08. The fourth-order valence-corrected chi connectivity index (χ4v) is 5.08. The summed E-state index contributed by atoms with van der Waals surface area (Å²) >= 11 is 0. The van der Waals surface area contributed by atoms with Crippen LogP contribution in [0.3, 0.4) is 0 Å². The summed E-state index contributed by atoms with van der Waals surface area (Å²) in [5, 5.41) is 2.52. The first-order valence-electron chi connectivity index (χ1n) is 10.1. The van der Waals surface area contributed by atoms with Crippen LogP contribution >= 0.6 is 0 Å². The Morgan fingerprint density at radius 2 is 1.21 bits per heavy atom. The van der Waals surface area contributed by atoms with E-state index < -0.39 is 0 Å². The van der Waals surface area contributed by atoms with Gasteiger partial charge in [0.2, 0.25) is 0 Å². The normalized spacial score (nSPS) is 16.5. The van der Waals surface area contributed by atoms with Crippen LogP contribution in [-0.2, 0) is 5.41 Å². The number of hydrogen-bond acceptors (Lipinski definition) is 2. The lowest BCUT2D eigenvalue weighted by molar-refractivity contribution is 0.350. The highest BCUT2D eigenvalue weighted by Crippen LogP contribution is 2.49.